The highest BCUT2D eigenvalue weighted by atomic mass is 16.1. The molecule has 0 saturated carbocycles. The molecule has 0 aliphatic carbocycles. The number of anilines is 1. The summed E-state index contributed by atoms with van der Waals surface area (Å²) >= 11 is 0. The van der Waals surface area contributed by atoms with Crippen molar-refractivity contribution < 1.29 is 4.79 Å². The number of nitrogens with one attached hydrogen (secondary N) is 1. The van der Waals surface area contributed by atoms with E-state index in [1.165, 1.54) is 12.8 Å². The molecule has 0 bridgehead atoms. The van der Waals surface area contributed by atoms with Crippen molar-refractivity contribution in [1.82, 2.24) is 25.1 Å². The number of likely N-dealkylation sites (tertiary alicyclic amines) is 2. The molecule has 0 radical (unpaired) electrons. The molecule has 2 saturated heterocycles. The number of hydrogen-bond donors (Lipinski definition) is 2. The highest BCUT2D eigenvalue weighted by Crippen LogP contribution is 2.24. The fourth-order valence-corrected chi connectivity index (χ4v) is 4.08. The first kappa shape index (κ1) is 19.0. The van der Waals surface area contributed by atoms with E-state index in [0.717, 1.165) is 51.1 Å². The first-order chi connectivity index (χ1) is 12.5. The molecule has 144 valence electrons. The van der Waals surface area contributed by atoms with Crippen LogP contribution in [-0.2, 0) is 11.3 Å². The molecule has 3 rings (SSSR count). The molecule has 0 spiro atoms. The molecule has 1 aromatic heterocycles. The van der Waals surface area contributed by atoms with Crippen molar-refractivity contribution in [3.05, 3.63) is 18.0 Å². The van der Waals surface area contributed by atoms with Crippen LogP contribution in [0, 0.1) is 5.92 Å². The maximum atomic E-state index is 12.2. The van der Waals surface area contributed by atoms with Crippen LogP contribution in [0.15, 0.2) is 12.4 Å². The molecule has 0 atom stereocenters. The van der Waals surface area contributed by atoms with Crippen molar-refractivity contribution in [2.75, 3.05) is 31.9 Å². The molecule has 2 fully saturated rings. The second-order valence-corrected chi connectivity index (χ2v) is 7.93. The highest BCUT2D eigenvalue weighted by Gasteiger charge is 2.30. The van der Waals surface area contributed by atoms with Crippen LogP contribution in [0.5, 0.6) is 0 Å². The van der Waals surface area contributed by atoms with Gasteiger partial charge in [0, 0.05) is 42.5 Å². The van der Waals surface area contributed by atoms with E-state index < -0.39 is 0 Å². The van der Waals surface area contributed by atoms with Crippen molar-refractivity contribution in [1.29, 1.82) is 0 Å². The molecule has 7 heteroatoms. The number of nitrogens with two attached hydrogens (primary N) is 1. The number of nitrogens with zero attached hydrogens (tertiary/aromatic N) is 4. The van der Waals surface area contributed by atoms with Crippen molar-refractivity contribution >= 4 is 11.9 Å². The maximum absolute atomic E-state index is 12.2. The smallest absolute Gasteiger partial charge is 0.223 e. The lowest BCUT2D eigenvalue weighted by molar-refractivity contribution is -0.127. The summed E-state index contributed by atoms with van der Waals surface area (Å²) in [6.07, 6.45) is 8.00. The molecule has 1 aromatic rings. The fourth-order valence-electron chi connectivity index (χ4n) is 4.08. The zero-order valence-electron chi connectivity index (χ0n) is 16.0. The quantitative estimate of drug-likeness (QED) is 0.822. The summed E-state index contributed by atoms with van der Waals surface area (Å²) in [7, 11) is 0. The second kappa shape index (κ2) is 8.77. The summed E-state index contributed by atoms with van der Waals surface area (Å²) in [4.78, 5) is 25.4. The van der Waals surface area contributed by atoms with Crippen molar-refractivity contribution in [3.8, 4) is 0 Å². The van der Waals surface area contributed by atoms with Crippen LogP contribution in [0.2, 0.25) is 0 Å². The van der Waals surface area contributed by atoms with Crippen molar-refractivity contribution in [2.45, 2.75) is 58.2 Å². The largest absolute Gasteiger partial charge is 0.368 e. The number of carbonyl (C=O) groups is 1. The van der Waals surface area contributed by atoms with Crippen LogP contribution in [-0.4, -0.2) is 63.9 Å². The lowest BCUT2D eigenvalue weighted by atomic mass is 9.92. The maximum Gasteiger partial charge on any atom is 0.223 e. The number of amides is 1. The lowest BCUT2D eigenvalue weighted by Crippen LogP contribution is -2.49. The Balaban J connectivity index is 1.40. The number of piperidine rings is 2. The van der Waals surface area contributed by atoms with Gasteiger partial charge in [-0.3, -0.25) is 9.69 Å². The van der Waals surface area contributed by atoms with Crippen LogP contribution in [0.1, 0.15) is 45.1 Å². The predicted molar refractivity (Wildman–Crippen MR) is 102 cm³/mol. The third-order valence-corrected chi connectivity index (χ3v) is 5.54. The Hall–Kier alpha value is -1.73. The average molecular weight is 361 g/mol. The molecule has 2 aliphatic heterocycles. The highest BCUT2D eigenvalue weighted by molar-refractivity contribution is 5.78. The molecule has 0 unspecified atom stereocenters. The van der Waals surface area contributed by atoms with Gasteiger partial charge in [-0.15, -0.1) is 0 Å². The fraction of sp³-hybridized carbons (Fsp3) is 0.737. The van der Waals surface area contributed by atoms with Gasteiger partial charge < -0.3 is 16.0 Å². The van der Waals surface area contributed by atoms with Crippen molar-refractivity contribution in [2.24, 2.45) is 5.92 Å². The standard InChI is InChI=1S/C19H32N6O/c1-14(2)23-18(26)16-3-9-25(10-4-16)17-5-7-24(8-6-17)13-15-11-21-19(20)22-12-15/h11-12,14,16-17H,3-10,13H2,1-2H3,(H,23,26)(H2,20,21,22). The van der Waals surface area contributed by atoms with Gasteiger partial charge in [-0.25, -0.2) is 9.97 Å². The summed E-state index contributed by atoms with van der Waals surface area (Å²) in [5.41, 5.74) is 6.67. The SMILES string of the molecule is CC(C)NC(=O)C1CCN(C2CCN(Cc3cnc(N)nc3)CC2)CC1. The molecule has 3 N–H and O–H groups in total. The van der Waals surface area contributed by atoms with Crippen LogP contribution in [0.4, 0.5) is 5.95 Å². The van der Waals surface area contributed by atoms with E-state index in [4.69, 9.17) is 5.73 Å². The van der Waals surface area contributed by atoms with Crippen LogP contribution in [0.25, 0.3) is 0 Å². The van der Waals surface area contributed by atoms with E-state index in [1.807, 2.05) is 26.2 Å². The van der Waals surface area contributed by atoms with Gasteiger partial charge >= 0.3 is 0 Å². The number of aromatic nitrogens is 2. The average Bonchev–Trinajstić information content (AvgIpc) is 2.64. The monoisotopic (exact) mass is 360 g/mol. The van der Waals surface area contributed by atoms with Gasteiger partial charge in [-0.2, -0.15) is 0 Å². The van der Waals surface area contributed by atoms with Gasteiger partial charge in [0.2, 0.25) is 11.9 Å². The van der Waals surface area contributed by atoms with Gasteiger partial charge in [0.25, 0.3) is 0 Å². The Morgan fingerprint density at radius 2 is 1.77 bits per heavy atom. The zero-order valence-corrected chi connectivity index (χ0v) is 16.0. The van der Waals surface area contributed by atoms with Crippen LogP contribution >= 0.6 is 0 Å². The third-order valence-electron chi connectivity index (χ3n) is 5.54. The number of nitrogen functional groups attached to an aromatic ring is 1. The van der Waals surface area contributed by atoms with Gasteiger partial charge in [0.15, 0.2) is 0 Å². The molecule has 1 amide bonds. The minimum Gasteiger partial charge on any atom is -0.368 e. The Labute approximate surface area is 156 Å². The van der Waals surface area contributed by atoms with E-state index in [2.05, 4.69) is 25.1 Å². The normalized spacial score (nSPS) is 21.2. The summed E-state index contributed by atoms with van der Waals surface area (Å²) in [5.74, 6) is 0.761. The summed E-state index contributed by atoms with van der Waals surface area (Å²) in [6, 6.07) is 0.888. The summed E-state index contributed by atoms with van der Waals surface area (Å²) < 4.78 is 0. The number of hydrogen-bond acceptors (Lipinski definition) is 6. The minimum absolute atomic E-state index is 0.194. The van der Waals surface area contributed by atoms with Gasteiger partial charge in [0.1, 0.15) is 0 Å². The summed E-state index contributed by atoms with van der Waals surface area (Å²) in [5, 5.41) is 3.06. The summed E-state index contributed by atoms with van der Waals surface area (Å²) in [6.45, 7) is 9.24. The third kappa shape index (κ3) is 5.14. The Kier molecular flexibility index (Phi) is 6.43. The van der Waals surface area contributed by atoms with E-state index >= 15 is 0 Å². The van der Waals surface area contributed by atoms with Crippen LogP contribution in [0.3, 0.4) is 0 Å². The lowest BCUT2D eigenvalue weighted by Gasteiger charge is -2.41. The van der Waals surface area contributed by atoms with Crippen LogP contribution < -0.4 is 11.1 Å². The van der Waals surface area contributed by atoms with E-state index in [-0.39, 0.29) is 17.9 Å². The molecule has 0 aromatic carbocycles. The van der Waals surface area contributed by atoms with Gasteiger partial charge in [-0.05, 0) is 65.7 Å². The molecular formula is C19H32N6O. The molecule has 2 aliphatic rings. The molecular weight excluding hydrogens is 328 g/mol. The topological polar surface area (TPSA) is 87.4 Å². The predicted octanol–water partition coefficient (Wildman–Crippen LogP) is 1.26. The van der Waals surface area contributed by atoms with E-state index in [1.54, 1.807) is 0 Å². The Bertz CT molecular complexity index is 574. The first-order valence-corrected chi connectivity index (χ1v) is 9.84. The number of rotatable bonds is 5. The molecule has 7 nitrogen and oxygen atoms in total. The number of carbonyl (C=O) groups excluding carboxylic acids is 1. The van der Waals surface area contributed by atoms with Gasteiger partial charge in [0.05, 0.1) is 0 Å². The Morgan fingerprint density at radius 3 is 2.35 bits per heavy atom. The van der Waals surface area contributed by atoms with Gasteiger partial charge in [-0.1, -0.05) is 0 Å². The second-order valence-electron chi connectivity index (χ2n) is 7.93. The zero-order chi connectivity index (χ0) is 18.5. The minimum atomic E-state index is 0.194. The molecule has 26 heavy (non-hydrogen) atoms. The van der Waals surface area contributed by atoms with Crippen molar-refractivity contribution in [3.63, 3.8) is 0 Å². The molecule has 3 heterocycles. The first-order valence-electron chi connectivity index (χ1n) is 9.84. The van der Waals surface area contributed by atoms with E-state index in [0.29, 0.717) is 12.0 Å². The van der Waals surface area contributed by atoms with E-state index in [9.17, 15) is 4.79 Å². The Morgan fingerprint density at radius 1 is 1.15 bits per heavy atom.